The monoisotopic (exact) mass is 416 g/mol. The van der Waals surface area contributed by atoms with Gasteiger partial charge in [-0.1, -0.05) is 31.0 Å². The third kappa shape index (κ3) is 3.64. The van der Waals surface area contributed by atoms with Crippen molar-refractivity contribution in [1.82, 2.24) is 0 Å². The molecule has 1 aliphatic carbocycles. The molecule has 0 atom stereocenters. The number of carbonyl (C=O) groups is 1. The van der Waals surface area contributed by atoms with Crippen LogP contribution in [0.15, 0.2) is 41.3 Å². The molecule has 0 aromatic heterocycles. The largest absolute Gasteiger partial charge is 0.324 e. The first kappa shape index (κ1) is 21.0. The molecule has 1 fully saturated rings. The zero-order valence-electron chi connectivity index (χ0n) is 16.7. The minimum atomic E-state index is -3.95. The van der Waals surface area contributed by atoms with Crippen LogP contribution in [0.5, 0.6) is 0 Å². The van der Waals surface area contributed by atoms with E-state index in [1.165, 1.54) is 12.1 Å². The molecule has 1 N–H and O–H groups in total. The van der Waals surface area contributed by atoms with Crippen LogP contribution in [-0.2, 0) is 14.6 Å². The van der Waals surface area contributed by atoms with Crippen molar-refractivity contribution in [3.8, 4) is 0 Å². The second kappa shape index (κ2) is 7.59. The van der Waals surface area contributed by atoms with Crippen molar-refractivity contribution in [1.29, 1.82) is 0 Å². The lowest BCUT2D eigenvalue weighted by atomic mass is 10.1. The van der Waals surface area contributed by atoms with Gasteiger partial charge in [-0.05, 0) is 56.9 Å². The highest BCUT2D eigenvalue weighted by molar-refractivity contribution is 7.93. The quantitative estimate of drug-likeness (QED) is 0.579. The summed E-state index contributed by atoms with van der Waals surface area (Å²) in [4.78, 5) is 24.1. The number of anilines is 1. The summed E-state index contributed by atoms with van der Waals surface area (Å²) in [6.45, 7) is 5.13. The Morgan fingerprint density at radius 2 is 1.66 bits per heavy atom. The Morgan fingerprint density at radius 1 is 1.03 bits per heavy atom. The van der Waals surface area contributed by atoms with E-state index >= 15 is 0 Å². The van der Waals surface area contributed by atoms with Crippen LogP contribution in [0.25, 0.3) is 0 Å². The van der Waals surface area contributed by atoms with Crippen LogP contribution in [0, 0.1) is 30.9 Å². The number of carbonyl (C=O) groups excluding carboxylic acids is 1. The molecule has 0 radical (unpaired) electrons. The van der Waals surface area contributed by atoms with Crippen molar-refractivity contribution < 1.29 is 18.1 Å². The van der Waals surface area contributed by atoms with E-state index in [1.807, 2.05) is 13.0 Å². The first-order valence-corrected chi connectivity index (χ1v) is 11.0. The molecule has 154 valence electrons. The van der Waals surface area contributed by atoms with E-state index in [-0.39, 0.29) is 29.1 Å². The van der Waals surface area contributed by atoms with E-state index in [2.05, 4.69) is 5.32 Å². The minimum Gasteiger partial charge on any atom is -0.324 e. The van der Waals surface area contributed by atoms with Gasteiger partial charge in [-0.2, -0.15) is 0 Å². The number of rotatable bonds is 5. The fourth-order valence-electron chi connectivity index (χ4n) is 3.90. The van der Waals surface area contributed by atoms with Crippen LogP contribution in [0.2, 0.25) is 0 Å². The number of hydrogen-bond acceptors (Lipinski definition) is 5. The highest BCUT2D eigenvalue weighted by Gasteiger charge is 2.53. The van der Waals surface area contributed by atoms with Gasteiger partial charge in [-0.25, -0.2) is 8.42 Å². The Morgan fingerprint density at radius 3 is 2.28 bits per heavy atom. The molecule has 1 amide bonds. The third-order valence-electron chi connectivity index (χ3n) is 5.64. The van der Waals surface area contributed by atoms with Crippen molar-refractivity contribution >= 4 is 27.1 Å². The van der Waals surface area contributed by atoms with Crippen LogP contribution < -0.4 is 5.32 Å². The Hall–Kier alpha value is -2.74. The molecule has 29 heavy (non-hydrogen) atoms. The molecule has 0 unspecified atom stereocenters. The summed E-state index contributed by atoms with van der Waals surface area (Å²) in [5.74, 6) is -0.631. The maximum Gasteiger partial charge on any atom is 0.274 e. The Kier molecular flexibility index (Phi) is 5.49. The average molecular weight is 416 g/mol. The van der Waals surface area contributed by atoms with E-state index in [0.717, 1.165) is 5.56 Å². The van der Waals surface area contributed by atoms with Gasteiger partial charge in [0.2, 0.25) is 5.91 Å². The number of hydrogen-bond donors (Lipinski definition) is 1. The second-order valence-corrected chi connectivity index (χ2v) is 9.91. The third-order valence-corrected chi connectivity index (χ3v) is 8.28. The summed E-state index contributed by atoms with van der Waals surface area (Å²) >= 11 is 0. The van der Waals surface area contributed by atoms with Crippen molar-refractivity contribution in [2.75, 3.05) is 5.32 Å². The normalized spacial score (nSPS) is 15.8. The summed E-state index contributed by atoms with van der Waals surface area (Å²) < 4.78 is 25.7. The van der Waals surface area contributed by atoms with Crippen LogP contribution >= 0.6 is 0 Å². The van der Waals surface area contributed by atoms with E-state index in [4.69, 9.17) is 0 Å². The minimum absolute atomic E-state index is 0.124. The molecule has 1 saturated carbocycles. The number of nitro benzene ring substituents is 1. The topological polar surface area (TPSA) is 106 Å². The summed E-state index contributed by atoms with van der Waals surface area (Å²) in [6.07, 6.45) is 1.71. The average Bonchev–Trinajstić information content (AvgIpc) is 3.17. The highest BCUT2D eigenvalue weighted by Crippen LogP contribution is 2.42. The van der Waals surface area contributed by atoms with E-state index in [9.17, 15) is 23.3 Å². The van der Waals surface area contributed by atoms with Gasteiger partial charge in [0.25, 0.3) is 5.69 Å². The van der Waals surface area contributed by atoms with Gasteiger partial charge in [0, 0.05) is 17.3 Å². The summed E-state index contributed by atoms with van der Waals surface area (Å²) in [5.41, 5.74) is 1.96. The van der Waals surface area contributed by atoms with E-state index in [1.54, 1.807) is 32.0 Å². The molecule has 3 rings (SSSR count). The molecule has 0 bridgehead atoms. The summed E-state index contributed by atoms with van der Waals surface area (Å²) in [6, 6.07) is 9.53. The number of aryl methyl sites for hydroxylation is 3. The lowest BCUT2D eigenvalue weighted by Gasteiger charge is -2.28. The standard InChI is InChI=1S/C21H24N2O5S/c1-14-6-7-16(3)19(12-14)29(27,28)21(10-4-5-11-21)20(24)22-17-9-8-15(2)18(13-17)23(25)26/h6-9,12-13H,4-5,10-11H2,1-3H3,(H,22,24). The van der Waals surface area contributed by atoms with Crippen LogP contribution in [0.4, 0.5) is 11.4 Å². The van der Waals surface area contributed by atoms with Gasteiger partial charge in [0.15, 0.2) is 14.6 Å². The van der Waals surface area contributed by atoms with Gasteiger partial charge in [0.1, 0.15) is 0 Å². The molecule has 0 spiro atoms. The zero-order chi connectivity index (χ0) is 21.4. The Labute approximate surface area is 170 Å². The number of sulfone groups is 1. The van der Waals surface area contributed by atoms with Gasteiger partial charge in [-0.15, -0.1) is 0 Å². The SMILES string of the molecule is Cc1ccc(C)c(S(=O)(=O)C2(C(=O)Nc3ccc(C)c([N+](=O)[O-])c3)CCCC2)c1. The molecule has 0 heterocycles. The zero-order valence-corrected chi connectivity index (χ0v) is 17.5. The van der Waals surface area contributed by atoms with Gasteiger partial charge < -0.3 is 5.32 Å². The number of amides is 1. The van der Waals surface area contributed by atoms with E-state index in [0.29, 0.717) is 24.0 Å². The fraction of sp³-hybridized carbons (Fsp3) is 0.381. The van der Waals surface area contributed by atoms with Crippen molar-refractivity contribution in [3.63, 3.8) is 0 Å². The molecule has 8 heteroatoms. The van der Waals surface area contributed by atoms with Crippen molar-refractivity contribution in [3.05, 3.63) is 63.2 Å². The number of nitro groups is 1. The van der Waals surface area contributed by atoms with Gasteiger partial charge in [0.05, 0.1) is 9.82 Å². The number of benzene rings is 2. The molecular formula is C21H24N2O5S. The second-order valence-electron chi connectivity index (χ2n) is 7.69. The van der Waals surface area contributed by atoms with Gasteiger partial charge in [-0.3, -0.25) is 14.9 Å². The molecule has 0 saturated heterocycles. The Balaban J connectivity index is 2.03. The first-order valence-electron chi connectivity index (χ1n) is 9.47. The van der Waals surface area contributed by atoms with Crippen LogP contribution in [0.1, 0.15) is 42.4 Å². The molecule has 2 aromatic carbocycles. The fourth-order valence-corrected chi connectivity index (χ4v) is 6.28. The van der Waals surface area contributed by atoms with Crippen molar-refractivity contribution in [2.45, 2.75) is 56.1 Å². The number of nitrogens with zero attached hydrogens (tertiary/aromatic N) is 1. The smallest absolute Gasteiger partial charge is 0.274 e. The van der Waals surface area contributed by atoms with Crippen LogP contribution in [0.3, 0.4) is 0 Å². The predicted molar refractivity (Wildman–Crippen MR) is 111 cm³/mol. The molecule has 2 aromatic rings. The van der Waals surface area contributed by atoms with Gasteiger partial charge >= 0.3 is 0 Å². The molecule has 1 aliphatic rings. The van der Waals surface area contributed by atoms with Crippen molar-refractivity contribution in [2.24, 2.45) is 0 Å². The summed E-state index contributed by atoms with van der Waals surface area (Å²) in [5, 5.41) is 13.8. The lowest BCUT2D eigenvalue weighted by Crippen LogP contribution is -2.47. The van der Waals surface area contributed by atoms with Crippen LogP contribution in [-0.4, -0.2) is 24.0 Å². The molecule has 7 nitrogen and oxygen atoms in total. The first-order chi connectivity index (χ1) is 13.6. The van der Waals surface area contributed by atoms with E-state index < -0.39 is 25.4 Å². The lowest BCUT2D eigenvalue weighted by molar-refractivity contribution is -0.385. The highest BCUT2D eigenvalue weighted by atomic mass is 32.2. The molecule has 0 aliphatic heterocycles. The predicted octanol–water partition coefficient (Wildman–Crippen LogP) is 4.25. The maximum absolute atomic E-state index is 13.6. The summed E-state index contributed by atoms with van der Waals surface area (Å²) in [7, 11) is -3.95. The molecular weight excluding hydrogens is 392 g/mol. The maximum atomic E-state index is 13.6. The number of nitrogens with one attached hydrogen (secondary N) is 1. The Bertz CT molecular complexity index is 1090.